The molecule has 3 heterocycles. The average Bonchev–Trinajstić information content (AvgIpc) is 3.47. The van der Waals surface area contributed by atoms with Crippen LogP contribution in [0.5, 0.6) is 0 Å². The Morgan fingerprint density at radius 1 is 0.882 bits per heavy atom. The van der Waals surface area contributed by atoms with Crippen molar-refractivity contribution in [1.82, 2.24) is 19.6 Å². The van der Waals surface area contributed by atoms with E-state index in [1.165, 1.54) is 33.9 Å². The molecule has 2 aromatic heterocycles. The van der Waals surface area contributed by atoms with E-state index in [0.717, 1.165) is 67.6 Å². The van der Waals surface area contributed by atoms with Gasteiger partial charge in [-0.15, -0.1) is 5.10 Å². The van der Waals surface area contributed by atoms with Gasteiger partial charge in [-0.1, -0.05) is 35.9 Å². The van der Waals surface area contributed by atoms with Crippen molar-refractivity contribution in [2.24, 2.45) is 0 Å². The smallest absolute Gasteiger partial charge is 0.254 e. The summed E-state index contributed by atoms with van der Waals surface area (Å²) in [6, 6.07) is 14.6. The molecule has 1 aliphatic heterocycles. The van der Waals surface area contributed by atoms with E-state index in [2.05, 4.69) is 41.8 Å². The predicted octanol–water partition coefficient (Wildman–Crippen LogP) is 4.80. The molecule has 2 aliphatic rings. The van der Waals surface area contributed by atoms with E-state index in [4.69, 9.17) is 26.7 Å². The van der Waals surface area contributed by atoms with Gasteiger partial charge in [0, 0.05) is 48.9 Å². The topological polar surface area (TPSA) is 49.6 Å². The molecule has 2 aromatic carbocycles. The molecule has 0 unspecified atom stereocenters. The number of piperazine rings is 1. The largest absolute Gasteiger partial charge is 0.368 e. The maximum atomic E-state index is 6.05. The Hall–Kier alpha value is -3.12. The maximum absolute atomic E-state index is 6.05. The number of rotatable bonds is 4. The van der Waals surface area contributed by atoms with Crippen LogP contribution < -0.4 is 9.80 Å². The minimum Gasteiger partial charge on any atom is -0.368 e. The molecule has 0 spiro atoms. The number of nitrogens with zero attached hydrogens (tertiary/aromatic N) is 6. The van der Waals surface area contributed by atoms with Crippen molar-refractivity contribution < 1.29 is 0 Å². The van der Waals surface area contributed by atoms with Gasteiger partial charge in [-0.05, 0) is 68.0 Å². The van der Waals surface area contributed by atoms with E-state index in [0.29, 0.717) is 6.42 Å². The van der Waals surface area contributed by atoms with E-state index in [9.17, 15) is 0 Å². The molecular formula is C27H29ClN6. The molecule has 1 fully saturated rings. The number of anilines is 2. The Labute approximate surface area is 205 Å². The van der Waals surface area contributed by atoms with Gasteiger partial charge in [-0.3, -0.25) is 0 Å². The quantitative estimate of drug-likeness (QED) is 0.427. The number of hydrogen-bond acceptors (Lipinski definition) is 5. The lowest BCUT2D eigenvalue weighted by atomic mass is 10.1. The molecule has 1 saturated heterocycles. The summed E-state index contributed by atoms with van der Waals surface area (Å²) in [6.45, 7) is 8.29. The highest BCUT2D eigenvalue weighted by Crippen LogP contribution is 2.32. The zero-order valence-electron chi connectivity index (χ0n) is 19.8. The van der Waals surface area contributed by atoms with Crippen LogP contribution in [0.15, 0.2) is 42.5 Å². The highest BCUT2D eigenvalue weighted by molar-refractivity contribution is 6.30. The van der Waals surface area contributed by atoms with E-state index >= 15 is 0 Å². The maximum Gasteiger partial charge on any atom is 0.254 e. The molecule has 0 bridgehead atoms. The molecular weight excluding hydrogens is 444 g/mol. The van der Waals surface area contributed by atoms with Crippen LogP contribution in [0.25, 0.3) is 5.78 Å². The number of aryl methyl sites for hydroxylation is 3. The average molecular weight is 473 g/mol. The van der Waals surface area contributed by atoms with E-state index in [1.54, 1.807) is 0 Å². The monoisotopic (exact) mass is 472 g/mol. The summed E-state index contributed by atoms with van der Waals surface area (Å²) in [5.74, 6) is 2.72. The number of aromatic nitrogens is 4. The number of fused-ring (bicyclic) bond motifs is 2. The highest BCUT2D eigenvalue weighted by atomic mass is 35.5. The van der Waals surface area contributed by atoms with Crippen LogP contribution >= 0.6 is 11.6 Å². The van der Waals surface area contributed by atoms with E-state index < -0.39 is 0 Å². The lowest BCUT2D eigenvalue weighted by Crippen LogP contribution is -2.47. The molecule has 6 rings (SSSR count). The van der Waals surface area contributed by atoms with Crippen molar-refractivity contribution in [2.75, 3.05) is 36.0 Å². The van der Waals surface area contributed by atoms with Crippen LogP contribution in [0, 0.1) is 13.8 Å². The summed E-state index contributed by atoms with van der Waals surface area (Å²) in [7, 11) is 0. The van der Waals surface area contributed by atoms with Crippen molar-refractivity contribution in [3.05, 3.63) is 81.3 Å². The third-order valence-corrected chi connectivity index (χ3v) is 7.34. The summed E-state index contributed by atoms with van der Waals surface area (Å²) in [4.78, 5) is 14.7. The number of hydrogen-bond donors (Lipinski definition) is 0. The Morgan fingerprint density at radius 2 is 1.65 bits per heavy atom. The molecule has 1 aliphatic carbocycles. The second-order valence-electron chi connectivity index (χ2n) is 9.52. The zero-order valence-corrected chi connectivity index (χ0v) is 20.5. The van der Waals surface area contributed by atoms with Crippen molar-refractivity contribution in [2.45, 2.75) is 39.5 Å². The summed E-state index contributed by atoms with van der Waals surface area (Å²) in [5.41, 5.74) is 7.72. The molecule has 0 saturated carbocycles. The molecule has 4 aromatic rings. The number of benzene rings is 2. The minimum absolute atomic E-state index is 0.672. The SMILES string of the molecule is Cc1ccc(C)c(N2CCN(c3c4c(nc5nc(Cc6ccc(Cl)cc6)nn35)CCC4)CC2)c1. The van der Waals surface area contributed by atoms with Gasteiger partial charge < -0.3 is 9.80 Å². The van der Waals surface area contributed by atoms with Crippen LogP contribution in [-0.4, -0.2) is 45.8 Å². The van der Waals surface area contributed by atoms with Crippen LogP contribution in [-0.2, 0) is 19.3 Å². The third kappa shape index (κ3) is 3.90. The van der Waals surface area contributed by atoms with Gasteiger partial charge in [0.25, 0.3) is 5.78 Å². The second kappa shape index (κ2) is 8.58. The summed E-state index contributed by atoms with van der Waals surface area (Å²) in [6.07, 6.45) is 3.92. The second-order valence-corrected chi connectivity index (χ2v) is 9.96. The van der Waals surface area contributed by atoms with Gasteiger partial charge in [0.1, 0.15) is 5.82 Å². The zero-order chi connectivity index (χ0) is 23.2. The minimum atomic E-state index is 0.672. The molecule has 6 nitrogen and oxygen atoms in total. The summed E-state index contributed by atoms with van der Waals surface area (Å²) < 4.78 is 2.00. The van der Waals surface area contributed by atoms with Crippen LogP contribution in [0.2, 0.25) is 5.02 Å². The van der Waals surface area contributed by atoms with Crippen molar-refractivity contribution >= 4 is 28.9 Å². The van der Waals surface area contributed by atoms with Crippen molar-refractivity contribution in [1.29, 1.82) is 0 Å². The lowest BCUT2D eigenvalue weighted by molar-refractivity contribution is 0.634. The Kier molecular flexibility index (Phi) is 5.41. The van der Waals surface area contributed by atoms with Crippen molar-refractivity contribution in [3.63, 3.8) is 0 Å². The molecule has 174 valence electrons. The molecule has 0 atom stereocenters. The van der Waals surface area contributed by atoms with Crippen molar-refractivity contribution in [3.8, 4) is 0 Å². The van der Waals surface area contributed by atoms with Gasteiger partial charge in [0.2, 0.25) is 0 Å². The third-order valence-electron chi connectivity index (χ3n) is 7.09. The van der Waals surface area contributed by atoms with Crippen LogP contribution in [0.4, 0.5) is 11.5 Å². The fraction of sp³-hybridized carbons (Fsp3) is 0.370. The normalized spacial score (nSPS) is 15.9. The Morgan fingerprint density at radius 3 is 2.44 bits per heavy atom. The van der Waals surface area contributed by atoms with Gasteiger partial charge >= 0.3 is 0 Å². The van der Waals surface area contributed by atoms with E-state index in [-0.39, 0.29) is 0 Å². The highest BCUT2D eigenvalue weighted by Gasteiger charge is 2.28. The molecule has 0 N–H and O–H groups in total. The first-order valence-corrected chi connectivity index (χ1v) is 12.5. The first-order chi connectivity index (χ1) is 16.5. The lowest BCUT2D eigenvalue weighted by Gasteiger charge is -2.38. The fourth-order valence-electron chi connectivity index (χ4n) is 5.30. The fourth-order valence-corrected chi connectivity index (χ4v) is 5.43. The molecule has 34 heavy (non-hydrogen) atoms. The summed E-state index contributed by atoms with van der Waals surface area (Å²) in [5, 5.41) is 5.68. The predicted molar refractivity (Wildman–Crippen MR) is 137 cm³/mol. The van der Waals surface area contributed by atoms with Gasteiger partial charge in [0.15, 0.2) is 5.82 Å². The van der Waals surface area contributed by atoms with Gasteiger partial charge in [0.05, 0.1) is 5.69 Å². The van der Waals surface area contributed by atoms with Gasteiger partial charge in [-0.2, -0.15) is 9.50 Å². The molecule has 0 radical (unpaired) electrons. The summed E-state index contributed by atoms with van der Waals surface area (Å²) >= 11 is 6.05. The number of halogens is 1. The van der Waals surface area contributed by atoms with Crippen LogP contribution in [0.1, 0.15) is 40.2 Å². The van der Waals surface area contributed by atoms with Gasteiger partial charge in [-0.25, -0.2) is 4.98 Å². The Balaban J connectivity index is 1.31. The Bertz CT molecular complexity index is 1350. The van der Waals surface area contributed by atoms with Crippen LogP contribution in [0.3, 0.4) is 0 Å². The first kappa shape index (κ1) is 21.4. The molecule has 0 amide bonds. The standard InChI is InChI=1S/C27H29ClN6/c1-18-6-7-19(2)24(16-18)32-12-14-33(15-13-32)26-22-4-3-5-23(22)29-27-30-25(31-34(26)27)17-20-8-10-21(28)11-9-20/h6-11,16H,3-5,12-15,17H2,1-2H3. The van der Waals surface area contributed by atoms with E-state index in [1.807, 2.05) is 28.8 Å². The first-order valence-electron chi connectivity index (χ1n) is 12.1. The molecule has 7 heteroatoms.